The molecule has 0 saturated carbocycles. The van der Waals surface area contributed by atoms with Gasteiger partial charge < -0.3 is 5.32 Å². The summed E-state index contributed by atoms with van der Waals surface area (Å²) in [6, 6.07) is 18.2. The fourth-order valence-corrected chi connectivity index (χ4v) is 3.26. The number of anilines is 1. The minimum absolute atomic E-state index is 0.00244. The van der Waals surface area contributed by atoms with Crippen LogP contribution in [0, 0.1) is 3.57 Å². The SMILES string of the molecule is O=C(CCc1ccccc1)Nc1nc(-c2ccc(I)cc2)cs1. The highest BCUT2D eigenvalue weighted by atomic mass is 127. The van der Waals surface area contributed by atoms with Gasteiger partial charge in [-0.1, -0.05) is 42.5 Å². The maximum absolute atomic E-state index is 12.0. The monoisotopic (exact) mass is 434 g/mol. The maximum atomic E-state index is 12.0. The van der Waals surface area contributed by atoms with Gasteiger partial charge in [0.15, 0.2) is 5.13 Å². The van der Waals surface area contributed by atoms with E-state index in [0.717, 1.165) is 17.7 Å². The smallest absolute Gasteiger partial charge is 0.226 e. The molecule has 0 unspecified atom stereocenters. The molecule has 0 aliphatic carbocycles. The Labute approximate surface area is 152 Å². The average Bonchev–Trinajstić information content (AvgIpc) is 3.03. The van der Waals surface area contributed by atoms with Crippen LogP contribution in [0.3, 0.4) is 0 Å². The number of aryl methyl sites for hydroxylation is 1. The molecule has 0 fully saturated rings. The molecule has 3 nitrogen and oxygen atoms in total. The summed E-state index contributed by atoms with van der Waals surface area (Å²) in [4.78, 5) is 16.5. The van der Waals surface area contributed by atoms with E-state index in [9.17, 15) is 4.79 Å². The first-order chi connectivity index (χ1) is 11.2. The number of nitrogens with zero attached hydrogens (tertiary/aromatic N) is 1. The molecule has 1 N–H and O–H groups in total. The van der Waals surface area contributed by atoms with E-state index in [1.165, 1.54) is 20.5 Å². The molecule has 0 bridgehead atoms. The lowest BCUT2D eigenvalue weighted by molar-refractivity contribution is -0.116. The van der Waals surface area contributed by atoms with Gasteiger partial charge >= 0.3 is 0 Å². The van der Waals surface area contributed by atoms with Crippen LogP contribution in [0.1, 0.15) is 12.0 Å². The maximum Gasteiger partial charge on any atom is 0.226 e. The summed E-state index contributed by atoms with van der Waals surface area (Å²) in [7, 11) is 0. The van der Waals surface area contributed by atoms with Crippen molar-refractivity contribution in [3.63, 3.8) is 0 Å². The van der Waals surface area contributed by atoms with E-state index in [1.54, 1.807) is 0 Å². The first-order valence-electron chi connectivity index (χ1n) is 7.26. The van der Waals surface area contributed by atoms with Crippen molar-refractivity contribution in [2.75, 3.05) is 5.32 Å². The number of carbonyl (C=O) groups is 1. The van der Waals surface area contributed by atoms with Gasteiger partial charge in [0.05, 0.1) is 5.69 Å². The second kappa shape index (κ2) is 7.70. The van der Waals surface area contributed by atoms with Crippen LogP contribution in [0.25, 0.3) is 11.3 Å². The zero-order valence-corrected chi connectivity index (χ0v) is 15.3. The van der Waals surface area contributed by atoms with Gasteiger partial charge in [0.1, 0.15) is 0 Å². The predicted octanol–water partition coefficient (Wildman–Crippen LogP) is 4.99. The molecule has 5 heteroatoms. The van der Waals surface area contributed by atoms with Crippen molar-refractivity contribution >= 4 is 45.0 Å². The number of hydrogen-bond acceptors (Lipinski definition) is 3. The highest BCUT2D eigenvalue weighted by Gasteiger charge is 2.08. The summed E-state index contributed by atoms with van der Waals surface area (Å²) in [6.07, 6.45) is 1.20. The molecule has 3 rings (SSSR count). The van der Waals surface area contributed by atoms with Crippen molar-refractivity contribution in [2.24, 2.45) is 0 Å². The molecule has 0 saturated heterocycles. The predicted molar refractivity (Wildman–Crippen MR) is 104 cm³/mol. The van der Waals surface area contributed by atoms with E-state index < -0.39 is 0 Å². The Balaban J connectivity index is 1.58. The van der Waals surface area contributed by atoms with Crippen molar-refractivity contribution in [1.29, 1.82) is 0 Å². The second-order valence-corrected chi connectivity index (χ2v) is 7.18. The summed E-state index contributed by atoms with van der Waals surface area (Å²) in [6.45, 7) is 0. The van der Waals surface area contributed by atoms with E-state index in [-0.39, 0.29) is 5.91 Å². The summed E-state index contributed by atoms with van der Waals surface area (Å²) < 4.78 is 1.19. The molecule has 0 aliphatic heterocycles. The van der Waals surface area contributed by atoms with Crippen LogP contribution in [-0.4, -0.2) is 10.9 Å². The fraction of sp³-hybridized carbons (Fsp3) is 0.111. The van der Waals surface area contributed by atoms with Gasteiger partial charge in [-0.25, -0.2) is 4.98 Å². The Kier molecular flexibility index (Phi) is 5.40. The van der Waals surface area contributed by atoms with Gasteiger partial charge in [-0.05, 0) is 46.7 Å². The third kappa shape index (κ3) is 4.62. The van der Waals surface area contributed by atoms with E-state index in [0.29, 0.717) is 11.6 Å². The van der Waals surface area contributed by atoms with Crippen molar-refractivity contribution in [2.45, 2.75) is 12.8 Å². The standard InChI is InChI=1S/C18H15IN2OS/c19-15-9-7-14(8-10-15)16-12-23-18(20-16)21-17(22)11-6-13-4-2-1-3-5-13/h1-5,7-10,12H,6,11H2,(H,20,21,22). The Morgan fingerprint density at radius 2 is 1.83 bits per heavy atom. The number of rotatable bonds is 5. The topological polar surface area (TPSA) is 42.0 Å². The van der Waals surface area contributed by atoms with Crippen molar-refractivity contribution in [3.8, 4) is 11.3 Å². The number of benzene rings is 2. The molecule has 0 radical (unpaired) electrons. The molecule has 1 heterocycles. The molecular weight excluding hydrogens is 419 g/mol. The van der Waals surface area contributed by atoms with Crippen molar-refractivity contribution in [1.82, 2.24) is 4.98 Å². The zero-order valence-electron chi connectivity index (χ0n) is 12.3. The van der Waals surface area contributed by atoms with Crippen molar-refractivity contribution < 1.29 is 4.79 Å². The van der Waals surface area contributed by atoms with E-state index >= 15 is 0 Å². The number of amides is 1. The minimum Gasteiger partial charge on any atom is -0.302 e. The van der Waals surface area contributed by atoms with Crippen LogP contribution in [0.4, 0.5) is 5.13 Å². The second-order valence-electron chi connectivity index (χ2n) is 5.08. The first-order valence-corrected chi connectivity index (χ1v) is 9.22. The van der Waals surface area contributed by atoms with E-state index in [2.05, 4.69) is 32.9 Å². The molecule has 0 aliphatic rings. The third-order valence-electron chi connectivity index (χ3n) is 3.37. The lowest BCUT2D eigenvalue weighted by Crippen LogP contribution is -2.12. The third-order valence-corrected chi connectivity index (χ3v) is 4.85. The Hall–Kier alpha value is -1.73. The van der Waals surface area contributed by atoms with Gasteiger partial charge in [-0.15, -0.1) is 11.3 Å². The molecule has 3 aromatic rings. The zero-order chi connectivity index (χ0) is 16.1. The van der Waals surface area contributed by atoms with Crippen LogP contribution in [0.2, 0.25) is 0 Å². The van der Waals surface area contributed by atoms with Crippen LogP contribution in [-0.2, 0) is 11.2 Å². The van der Waals surface area contributed by atoms with Gasteiger partial charge in [-0.2, -0.15) is 0 Å². The molecular formula is C18H15IN2OS. The molecule has 1 aromatic heterocycles. The van der Waals surface area contributed by atoms with Crippen LogP contribution < -0.4 is 5.32 Å². The van der Waals surface area contributed by atoms with Crippen LogP contribution in [0.5, 0.6) is 0 Å². The molecule has 2 aromatic carbocycles. The Morgan fingerprint density at radius 3 is 2.57 bits per heavy atom. The largest absolute Gasteiger partial charge is 0.302 e. The summed E-state index contributed by atoms with van der Waals surface area (Å²) in [5.74, 6) is -0.00244. The van der Waals surface area contributed by atoms with Crippen LogP contribution >= 0.6 is 33.9 Å². The Bertz CT molecular complexity index is 784. The first kappa shape index (κ1) is 16.1. The number of thiazole rings is 1. The average molecular weight is 434 g/mol. The van der Waals surface area contributed by atoms with Crippen molar-refractivity contribution in [3.05, 3.63) is 69.1 Å². The highest BCUT2D eigenvalue weighted by Crippen LogP contribution is 2.25. The lowest BCUT2D eigenvalue weighted by Gasteiger charge is -2.02. The van der Waals surface area contributed by atoms with Gasteiger partial charge in [-0.3, -0.25) is 4.79 Å². The lowest BCUT2D eigenvalue weighted by atomic mass is 10.1. The van der Waals surface area contributed by atoms with E-state index in [1.807, 2.05) is 60.0 Å². The molecule has 23 heavy (non-hydrogen) atoms. The number of aromatic nitrogens is 1. The highest BCUT2D eigenvalue weighted by molar-refractivity contribution is 14.1. The number of nitrogens with one attached hydrogen (secondary N) is 1. The van der Waals surface area contributed by atoms with Gasteiger partial charge in [0, 0.05) is 20.9 Å². The number of hydrogen-bond donors (Lipinski definition) is 1. The van der Waals surface area contributed by atoms with E-state index in [4.69, 9.17) is 0 Å². The van der Waals surface area contributed by atoms with Gasteiger partial charge in [0.2, 0.25) is 5.91 Å². The van der Waals surface area contributed by atoms with Crippen LogP contribution in [0.15, 0.2) is 60.0 Å². The number of carbonyl (C=O) groups excluding carboxylic acids is 1. The Morgan fingerprint density at radius 1 is 1.09 bits per heavy atom. The molecule has 1 amide bonds. The molecule has 116 valence electrons. The summed E-state index contributed by atoms with van der Waals surface area (Å²) in [5.41, 5.74) is 3.12. The fourth-order valence-electron chi connectivity index (χ4n) is 2.17. The van der Waals surface area contributed by atoms with Gasteiger partial charge in [0.25, 0.3) is 0 Å². The minimum atomic E-state index is -0.00244. The summed E-state index contributed by atoms with van der Waals surface area (Å²) >= 11 is 3.73. The quantitative estimate of drug-likeness (QED) is 0.576. The molecule has 0 spiro atoms. The molecule has 0 atom stereocenters. The number of halogens is 1. The normalized spacial score (nSPS) is 10.5. The summed E-state index contributed by atoms with van der Waals surface area (Å²) in [5, 5.41) is 5.50.